The SMILES string of the molecule is CCN(CC)CCN1c2ccccc2CCc2ccc(NC(=O)N(CC)CC)cc21. The van der Waals surface area contributed by atoms with Crippen molar-refractivity contribution in [2.45, 2.75) is 40.5 Å². The first kappa shape index (κ1) is 22.2. The van der Waals surface area contributed by atoms with Crippen molar-refractivity contribution in [3.63, 3.8) is 0 Å². The third-order valence-electron chi connectivity index (χ3n) is 6.16. The molecule has 0 aromatic heterocycles. The van der Waals surface area contributed by atoms with Gasteiger partial charge in [0.15, 0.2) is 0 Å². The summed E-state index contributed by atoms with van der Waals surface area (Å²) in [6.07, 6.45) is 2.05. The van der Waals surface area contributed by atoms with Crippen LogP contribution < -0.4 is 10.2 Å². The molecule has 1 aliphatic rings. The molecule has 5 heteroatoms. The number of rotatable bonds is 8. The van der Waals surface area contributed by atoms with Gasteiger partial charge in [-0.05, 0) is 69.1 Å². The molecular weight excluding hydrogens is 372 g/mol. The van der Waals surface area contributed by atoms with Crippen molar-refractivity contribution in [2.24, 2.45) is 0 Å². The Balaban J connectivity index is 1.94. The van der Waals surface area contributed by atoms with E-state index >= 15 is 0 Å². The molecule has 2 aromatic rings. The minimum Gasteiger partial charge on any atom is -0.340 e. The van der Waals surface area contributed by atoms with Crippen molar-refractivity contribution in [2.75, 3.05) is 49.5 Å². The maximum atomic E-state index is 12.6. The highest BCUT2D eigenvalue weighted by Crippen LogP contribution is 2.37. The number of nitrogens with zero attached hydrogens (tertiary/aromatic N) is 3. The number of urea groups is 1. The van der Waals surface area contributed by atoms with Crippen LogP contribution in [0.5, 0.6) is 0 Å². The van der Waals surface area contributed by atoms with Gasteiger partial charge in [-0.25, -0.2) is 4.79 Å². The Bertz CT molecular complexity index is 843. The van der Waals surface area contributed by atoms with Gasteiger partial charge in [-0.2, -0.15) is 0 Å². The van der Waals surface area contributed by atoms with Gasteiger partial charge in [0.2, 0.25) is 0 Å². The van der Waals surface area contributed by atoms with Gasteiger partial charge < -0.3 is 20.0 Å². The lowest BCUT2D eigenvalue weighted by molar-refractivity contribution is 0.217. The molecule has 30 heavy (non-hydrogen) atoms. The van der Waals surface area contributed by atoms with Gasteiger partial charge in [0.25, 0.3) is 0 Å². The minimum atomic E-state index is -0.0383. The molecule has 0 unspecified atom stereocenters. The number of carbonyl (C=O) groups is 1. The molecule has 0 bridgehead atoms. The maximum absolute atomic E-state index is 12.6. The van der Waals surface area contributed by atoms with E-state index in [0.29, 0.717) is 13.1 Å². The number of likely N-dealkylation sites (N-methyl/N-ethyl adjacent to an activating group) is 1. The second-order valence-corrected chi connectivity index (χ2v) is 7.75. The zero-order valence-corrected chi connectivity index (χ0v) is 18.9. The van der Waals surface area contributed by atoms with Crippen molar-refractivity contribution in [1.82, 2.24) is 9.80 Å². The van der Waals surface area contributed by atoms with Gasteiger partial charge >= 0.3 is 6.03 Å². The third-order valence-corrected chi connectivity index (χ3v) is 6.16. The third kappa shape index (κ3) is 4.96. The Labute approximate surface area is 181 Å². The molecule has 1 N–H and O–H groups in total. The van der Waals surface area contributed by atoms with Crippen LogP contribution in [0.15, 0.2) is 42.5 Å². The van der Waals surface area contributed by atoms with Gasteiger partial charge in [-0.1, -0.05) is 38.1 Å². The van der Waals surface area contributed by atoms with Crippen LogP contribution in [0.4, 0.5) is 21.9 Å². The number of carbonyl (C=O) groups excluding carboxylic acids is 1. The lowest BCUT2D eigenvalue weighted by Gasteiger charge is -2.30. The summed E-state index contributed by atoms with van der Waals surface area (Å²) in [5.41, 5.74) is 6.09. The van der Waals surface area contributed by atoms with Crippen LogP contribution in [0.1, 0.15) is 38.8 Å². The molecule has 0 saturated heterocycles. The number of benzene rings is 2. The highest BCUT2D eigenvalue weighted by Gasteiger charge is 2.22. The van der Waals surface area contributed by atoms with Crippen LogP contribution >= 0.6 is 0 Å². The molecule has 0 aliphatic carbocycles. The van der Waals surface area contributed by atoms with Gasteiger partial charge in [-0.3, -0.25) is 0 Å². The minimum absolute atomic E-state index is 0.0383. The van der Waals surface area contributed by atoms with Gasteiger partial charge in [-0.15, -0.1) is 0 Å². The molecule has 0 saturated carbocycles. The van der Waals surface area contributed by atoms with E-state index in [1.807, 2.05) is 19.9 Å². The molecule has 0 atom stereocenters. The highest BCUT2D eigenvalue weighted by atomic mass is 16.2. The van der Waals surface area contributed by atoms with E-state index in [-0.39, 0.29) is 6.03 Å². The van der Waals surface area contributed by atoms with Crippen molar-refractivity contribution in [1.29, 1.82) is 0 Å². The molecule has 0 fully saturated rings. The second-order valence-electron chi connectivity index (χ2n) is 7.75. The summed E-state index contributed by atoms with van der Waals surface area (Å²) < 4.78 is 0. The molecule has 1 heterocycles. The Morgan fingerprint density at radius 3 is 2.23 bits per heavy atom. The first-order valence-electron chi connectivity index (χ1n) is 11.4. The van der Waals surface area contributed by atoms with Crippen LogP contribution in [-0.4, -0.2) is 55.1 Å². The number of anilines is 3. The quantitative estimate of drug-likeness (QED) is 0.657. The summed E-state index contributed by atoms with van der Waals surface area (Å²) >= 11 is 0. The van der Waals surface area contributed by atoms with E-state index in [9.17, 15) is 4.79 Å². The van der Waals surface area contributed by atoms with Gasteiger partial charge in [0.1, 0.15) is 0 Å². The molecule has 3 rings (SSSR count). The molecule has 0 spiro atoms. The molecule has 2 amide bonds. The predicted molar refractivity (Wildman–Crippen MR) is 127 cm³/mol. The van der Waals surface area contributed by atoms with E-state index < -0.39 is 0 Å². The van der Waals surface area contributed by atoms with E-state index in [1.165, 1.54) is 22.5 Å². The average Bonchev–Trinajstić information content (AvgIpc) is 2.92. The topological polar surface area (TPSA) is 38.8 Å². The fraction of sp³-hybridized carbons (Fsp3) is 0.480. The monoisotopic (exact) mass is 408 g/mol. The highest BCUT2D eigenvalue weighted by molar-refractivity contribution is 5.90. The predicted octanol–water partition coefficient (Wildman–Crippen LogP) is 5.14. The summed E-state index contributed by atoms with van der Waals surface area (Å²) in [4.78, 5) is 19.3. The van der Waals surface area contributed by atoms with Crippen LogP contribution in [0.3, 0.4) is 0 Å². The van der Waals surface area contributed by atoms with E-state index in [0.717, 1.165) is 44.7 Å². The lowest BCUT2D eigenvalue weighted by Crippen LogP contribution is -2.34. The van der Waals surface area contributed by atoms with E-state index in [1.54, 1.807) is 4.90 Å². The maximum Gasteiger partial charge on any atom is 0.321 e. The number of aryl methyl sites for hydroxylation is 2. The summed E-state index contributed by atoms with van der Waals surface area (Å²) in [6.45, 7) is 13.9. The molecule has 5 nitrogen and oxygen atoms in total. The Hall–Kier alpha value is -2.53. The molecule has 0 radical (unpaired) electrons. The fourth-order valence-electron chi connectivity index (χ4n) is 4.22. The number of hydrogen-bond acceptors (Lipinski definition) is 3. The fourth-order valence-corrected chi connectivity index (χ4v) is 4.22. The summed E-state index contributed by atoms with van der Waals surface area (Å²) in [5.74, 6) is 0. The Morgan fingerprint density at radius 1 is 0.900 bits per heavy atom. The largest absolute Gasteiger partial charge is 0.340 e. The van der Waals surface area contributed by atoms with Crippen molar-refractivity contribution < 1.29 is 4.79 Å². The number of para-hydroxylation sites is 1. The van der Waals surface area contributed by atoms with E-state index in [2.05, 4.69) is 65.4 Å². The van der Waals surface area contributed by atoms with Gasteiger partial charge in [0, 0.05) is 43.2 Å². The van der Waals surface area contributed by atoms with Crippen LogP contribution in [-0.2, 0) is 12.8 Å². The van der Waals surface area contributed by atoms with Crippen molar-refractivity contribution >= 4 is 23.1 Å². The summed E-state index contributed by atoms with van der Waals surface area (Å²) in [6, 6.07) is 15.1. The smallest absolute Gasteiger partial charge is 0.321 e. The number of fused-ring (bicyclic) bond motifs is 2. The van der Waals surface area contributed by atoms with Crippen LogP contribution in [0.25, 0.3) is 0 Å². The average molecular weight is 409 g/mol. The van der Waals surface area contributed by atoms with Gasteiger partial charge in [0.05, 0.1) is 0 Å². The van der Waals surface area contributed by atoms with Crippen LogP contribution in [0, 0.1) is 0 Å². The normalized spacial score (nSPS) is 12.9. The molecular formula is C25H36N4O. The molecule has 2 aromatic carbocycles. The van der Waals surface area contributed by atoms with Crippen molar-refractivity contribution in [3.8, 4) is 0 Å². The Morgan fingerprint density at radius 2 is 1.57 bits per heavy atom. The standard InChI is InChI=1S/C25H36N4O/c1-5-27(6-2)17-18-29-23-12-10-9-11-20(23)13-14-21-15-16-22(19-24(21)29)26-25(30)28(7-3)8-4/h9-12,15-16,19H,5-8,13-14,17-18H2,1-4H3,(H,26,30). The zero-order chi connectivity index (χ0) is 21.5. The van der Waals surface area contributed by atoms with E-state index in [4.69, 9.17) is 0 Å². The Kier molecular flexibility index (Phi) is 7.75. The number of nitrogens with one attached hydrogen (secondary N) is 1. The number of amides is 2. The first-order chi connectivity index (χ1) is 14.6. The zero-order valence-electron chi connectivity index (χ0n) is 18.9. The summed E-state index contributed by atoms with van der Waals surface area (Å²) in [5, 5.41) is 3.10. The number of hydrogen-bond donors (Lipinski definition) is 1. The second kappa shape index (κ2) is 10.5. The first-order valence-corrected chi connectivity index (χ1v) is 11.4. The lowest BCUT2D eigenvalue weighted by atomic mass is 10.0. The van der Waals surface area contributed by atoms with Crippen molar-refractivity contribution in [3.05, 3.63) is 53.6 Å². The molecule has 162 valence electrons. The van der Waals surface area contributed by atoms with Crippen LogP contribution in [0.2, 0.25) is 0 Å². The summed E-state index contributed by atoms with van der Waals surface area (Å²) in [7, 11) is 0. The molecule has 1 aliphatic heterocycles.